The van der Waals surface area contributed by atoms with Crippen LogP contribution in [-0.2, 0) is 7.05 Å². The van der Waals surface area contributed by atoms with Gasteiger partial charge in [0.15, 0.2) is 0 Å². The highest BCUT2D eigenvalue weighted by molar-refractivity contribution is 6.36. The van der Waals surface area contributed by atoms with Gasteiger partial charge in [0.1, 0.15) is 11.5 Å². The zero-order valence-electron chi connectivity index (χ0n) is 12.9. The van der Waals surface area contributed by atoms with Crippen molar-refractivity contribution in [1.82, 2.24) is 9.55 Å². The van der Waals surface area contributed by atoms with Crippen molar-refractivity contribution in [3.05, 3.63) is 46.0 Å². The molecule has 0 aliphatic carbocycles. The molecule has 0 atom stereocenters. The fourth-order valence-electron chi connectivity index (χ4n) is 2.45. The third kappa shape index (κ3) is 3.45. The van der Waals surface area contributed by atoms with E-state index in [-0.39, 0.29) is 5.91 Å². The molecule has 6 heteroatoms. The quantitative estimate of drug-likeness (QED) is 0.843. The lowest BCUT2D eigenvalue weighted by molar-refractivity contribution is 0.101. The molecule has 1 aromatic carbocycles. The third-order valence-electron chi connectivity index (χ3n) is 3.79. The first-order valence-electron chi connectivity index (χ1n) is 7.25. The van der Waals surface area contributed by atoms with Gasteiger partial charge in [0.05, 0.1) is 16.9 Å². The molecule has 2 rings (SSSR count). The molecule has 0 spiro atoms. The van der Waals surface area contributed by atoms with Crippen molar-refractivity contribution in [2.75, 3.05) is 5.32 Å². The lowest BCUT2D eigenvalue weighted by Gasteiger charge is -2.13. The van der Waals surface area contributed by atoms with Gasteiger partial charge in [-0.1, -0.05) is 37.0 Å². The van der Waals surface area contributed by atoms with E-state index in [0.29, 0.717) is 27.3 Å². The molecular formula is C16H19Cl2N3O. The molecule has 0 saturated carbocycles. The summed E-state index contributed by atoms with van der Waals surface area (Å²) in [5, 5.41) is 3.73. The standard InChI is InChI=1S/C16H19Cl2N3O/c1-4-10(5-2)15-19-9-14(21(15)3)16(22)20-13-7-6-11(17)8-12(13)18/h6-10H,4-5H2,1-3H3,(H,20,22). The van der Waals surface area contributed by atoms with Gasteiger partial charge < -0.3 is 9.88 Å². The van der Waals surface area contributed by atoms with Crippen LogP contribution in [0.3, 0.4) is 0 Å². The summed E-state index contributed by atoms with van der Waals surface area (Å²) in [6, 6.07) is 4.96. The van der Waals surface area contributed by atoms with Crippen LogP contribution < -0.4 is 5.32 Å². The van der Waals surface area contributed by atoms with Gasteiger partial charge in [-0.2, -0.15) is 0 Å². The van der Waals surface area contributed by atoms with Gasteiger partial charge in [0.25, 0.3) is 5.91 Å². The molecule has 0 aliphatic rings. The molecule has 118 valence electrons. The number of rotatable bonds is 5. The van der Waals surface area contributed by atoms with Crippen LogP contribution >= 0.6 is 23.2 Å². The molecule has 1 amide bonds. The average molecular weight is 340 g/mol. The van der Waals surface area contributed by atoms with Gasteiger partial charge >= 0.3 is 0 Å². The molecule has 0 fully saturated rings. The van der Waals surface area contributed by atoms with Gasteiger partial charge in [-0.25, -0.2) is 4.98 Å². The summed E-state index contributed by atoms with van der Waals surface area (Å²) in [6.07, 6.45) is 3.59. The average Bonchev–Trinajstić information content (AvgIpc) is 2.85. The molecule has 0 aliphatic heterocycles. The molecule has 22 heavy (non-hydrogen) atoms. The van der Waals surface area contributed by atoms with Crippen molar-refractivity contribution in [3.63, 3.8) is 0 Å². The first-order valence-corrected chi connectivity index (χ1v) is 8.01. The van der Waals surface area contributed by atoms with Crippen LogP contribution in [0.25, 0.3) is 0 Å². The summed E-state index contributed by atoms with van der Waals surface area (Å²) < 4.78 is 1.84. The lowest BCUT2D eigenvalue weighted by atomic mass is 10.0. The first-order chi connectivity index (χ1) is 10.5. The SMILES string of the molecule is CCC(CC)c1ncc(C(=O)Nc2ccc(Cl)cc2Cl)n1C. The molecule has 1 N–H and O–H groups in total. The fourth-order valence-corrected chi connectivity index (χ4v) is 2.90. The minimum atomic E-state index is -0.239. The predicted molar refractivity (Wildman–Crippen MR) is 90.9 cm³/mol. The second-order valence-corrected chi connectivity index (χ2v) is 6.00. The first kappa shape index (κ1) is 16.8. The molecule has 0 bridgehead atoms. The van der Waals surface area contributed by atoms with Crippen molar-refractivity contribution in [2.24, 2.45) is 7.05 Å². The van der Waals surface area contributed by atoms with E-state index in [2.05, 4.69) is 24.1 Å². The van der Waals surface area contributed by atoms with Gasteiger partial charge in [0, 0.05) is 18.0 Å². The summed E-state index contributed by atoms with van der Waals surface area (Å²) in [5.74, 6) is 1.04. The Morgan fingerprint density at radius 3 is 2.59 bits per heavy atom. The number of hydrogen-bond donors (Lipinski definition) is 1. The number of imidazole rings is 1. The summed E-state index contributed by atoms with van der Waals surface area (Å²) in [7, 11) is 1.86. The number of nitrogens with one attached hydrogen (secondary N) is 1. The van der Waals surface area contributed by atoms with E-state index in [0.717, 1.165) is 18.7 Å². The van der Waals surface area contributed by atoms with Gasteiger partial charge in [-0.3, -0.25) is 4.79 Å². The zero-order chi connectivity index (χ0) is 16.3. The van der Waals surface area contributed by atoms with Gasteiger partial charge in [0.2, 0.25) is 0 Å². The van der Waals surface area contributed by atoms with E-state index in [1.807, 2.05) is 11.6 Å². The number of carbonyl (C=O) groups is 1. The minimum absolute atomic E-state index is 0.239. The Labute approximate surface area is 140 Å². The van der Waals surface area contributed by atoms with E-state index in [1.165, 1.54) is 0 Å². The summed E-state index contributed by atoms with van der Waals surface area (Å²) in [6.45, 7) is 4.24. The maximum atomic E-state index is 12.4. The van der Waals surface area contributed by atoms with Crippen LogP contribution in [-0.4, -0.2) is 15.5 Å². The zero-order valence-corrected chi connectivity index (χ0v) is 14.4. The number of halogens is 2. The lowest BCUT2D eigenvalue weighted by Crippen LogP contribution is -2.17. The molecule has 1 heterocycles. The predicted octanol–water partition coefficient (Wildman–Crippen LogP) is 4.88. The van der Waals surface area contributed by atoms with Crippen LogP contribution in [0, 0.1) is 0 Å². The maximum absolute atomic E-state index is 12.4. The molecular weight excluding hydrogens is 321 g/mol. The third-order valence-corrected chi connectivity index (χ3v) is 4.33. The number of benzene rings is 1. The number of amides is 1. The second-order valence-electron chi connectivity index (χ2n) is 5.15. The smallest absolute Gasteiger partial charge is 0.273 e. The van der Waals surface area contributed by atoms with Crippen molar-refractivity contribution in [2.45, 2.75) is 32.6 Å². The van der Waals surface area contributed by atoms with E-state index < -0.39 is 0 Å². The summed E-state index contributed by atoms with van der Waals surface area (Å²) in [5.41, 5.74) is 1.04. The minimum Gasteiger partial charge on any atom is -0.327 e. The van der Waals surface area contributed by atoms with Crippen LogP contribution in [0.1, 0.15) is 48.9 Å². The Kier molecular flexibility index (Phi) is 5.48. The summed E-state index contributed by atoms with van der Waals surface area (Å²) in [4.78, 5) is 16.8. The van der Waals surface area contributed by atoms with Crippen molar-refractivity contribution < 1.29 is 4.79 Å². The van der Waals surface area contributed by atoms with E-state index in [1.54, 1.807) is 24.4 Å². The molecule has 4 nitrogen and oxygen atoms in total. The Hall–Kier alpha value is -1.52. The number of aromatic nitrogens is 2. The Morgan fingerprint density at radius 1 is 1.32 bits per heavy atom. The van der Waals surface area contributed by atoms with E-state index in [9.17, 15) is 4.79 Å². The molecule has 1 aromatic heterocycles. The van der Waals surface area contributed by atoms with Crippen LogP contribution in [0.2, 0.25) is 10.0 Å². The normalized spacial score (nSPS) is 11.0. The number of nitrogens with zero attached hydrogens (tertiary/aromatic N) is 2. The van der Waals surface area contributed by atoms with Crippen molar-refractivity contribution in [3.8, 4) is 0 Å². The van der Waals surface area contributed by atoms with Crippen LogP contribution in [0.15, 0.2) is 24.4 Å². The number of hydrogen-bond acceptors (Lipinski definition) is 2. The summed E-state index contributed by atoms with van der Waals surface area (Å²) >= 11 is 11.9. The van der Waals surface area contributed by atoms with Gasteiger partial charge in [-0.15, -0.1) is 0 Å². The van der Waals surface area contributed by atoms with Crippen LogP contribution in [0.4, 0.5) is 5.69 Å². The topological polar surface area (TPSA) is 46.9 Å². The van der Waals surface area contributed by atoms with E-state index in [4.69, 9.17) is 23.2 Å². The Morgan fingerprint density at radius 2 is 2.00 bits per heavy atom. The Balaban J connectivity index is 2.23. The largest absolute Gasteiger partial charge is 0.327 e. The van der Waals surface area contributed by atoms with Crippen molar-refractivity contribution in [1.29, 1.82) is 0 Å². The van der Waals surface area contributed by atoms with E-state index >= 15 is 0 Å². The number of carbonyl (C=O) groups excluding carboxylic acids is 1. The number of anilines is 1. The molecule has 0 unspecified atom stereocenters. The van der Waals surface area contributed by atoms with Crippen molar-refractivity contribution >= 4 is 34.8 Å². The monoisotopic (exact) mass is 339 g/mol. The second kappa shape index (κ2) is 7.16. The highest BCUT2D eigenvalue weighted by Crippen LogP contribution is 2.26. The van der Waals surface area contributed by atoms with Gasteiger partial charge in [-0.05, 0) is 31.0 Å². The van der Waals surface area contributed by atoms with Crippen LogP contribution in [0.5, 0.6) is 0 Å². The fraction of sp³-hybridized carbons (Fsp3) is 0.375. The Bertz CT molecular complexity index is 678. The maximum Gasteiger partial charge on any atom is 0.273 e. The highest BCUT2D eigenvalue weighted by Gasteiger charge is 2.19. The highest BCUT2D eigenvalue weighted by atomic mass is 35.5. The molecule has 0 radical (unpaired) electrons. The molecule has 0 saturated heterocycles. The molecule has 2 aromatic rings.